The van der Waals surface area contributed by atoms with Crippen molar-refractivity contribution in [3.63, 3.8) is 0 Å². The van der Waals surface area contributed by atoms with Crippen LogP contribution in [0.25, 0.3) is 0 Å². The molecule has 0 saturated carbocycles. The van der Waals surface area contributed by atoms with Gasteiger partial charge in [-0.25, -0.2) is 9.59 Å². The normalized spacial score (nSPS) is 9.76. The number of phenols is 1. The van der Waals surface area contributed by atoms with E-state index >= 15 is 0 Å². The Kier molecular flexibility index (Phi) is 5.45. The van der Waals surface area contributed by atoms with Crippen molar-refractivity contribution in [1.29, 1.82) is 0 Å². The number of rotatable bonds is 2. The van der Waals surface area contributed by atoms with Gasteiger partial charge in [0, 0.05) is 17.0 Å². The Balaban J connectivity index is 2.24. The molecule has 0 heterocycles. The topological polar surface area (TPSA) is 72.8 Å². The van der Waals surface area contributed by atoms with E-state index in [1.807, 2.05) is 31.2 Å². The van der Waals surface area contributed by atoms with Crippen LogP contribution >= 0.6 is 0 Å². The second-order valence-corrected chi connectivity index (χ2v) is 5.54. The lowest BCUT2D eigenvalue weighted by Crippen LogP contribution is -2.09. The molecule has 0 aliphatic heterocycles. The van der Waals surface area contributed by atoms with Gasteiger partial charge in [0.1, 0.15) is 17.1 Å². The van der Waals surface area contributed by atoms with Crippen molar-refractivity contribution in [2.45, 2.75) is 20.8 Å². The Morgan fingerprint density at radius 3 is 2.32 bits per heavy atom. The lowest BCUT2D eigenvalue weighted by atomic mass is 10.0. The summed E-state index contributed by atoms with van der Waals surface area (Å²) in [7, 11) is 1.23. The number of aromatic hydroxyl groups is 1. The molecule has 0 aliphatic rings. The van der Waals surface area contributed by atoms with E-state index in [1.165, 1.54) is 20.1 Å². The molecule has 0 amide bonds. The highest BCUT2D eigenvalue weighted by molar-refractivity contribution is 5.96. The van der Waals surface area contributed by atoms with Gasteiger partial charge in [-0.1, -0.05) is 23.6 Å². The minimum Gasteiger partial charge on any atom is -0.507 e. The van der Waals surface area contributed by atoms with Gasteiger partial charge in [0.05, 0.1) is 7.11 Å². The molecule has 2 aromatic carbocycles. The summed E-state index contributed by atoms with van der Waals surface area (Å²) in [5.41, 5.74) is 2.53. The number of hydrogen-bond donors (Lipinski definition) is 1. The number of methoxy groups -OCH3 is 1. The Morgan fingerprint density at radius 1 is 1.08 bits per heavy atom. The molecule has 2 aromatic rings. The molecule has 0 saturated heterocycles. The van der Waals surface area contributed by atoms with E-state index in [9.17, 15) is 14.7 Å². The molecule has 0 aliphatic carbocycles. The molecule has 0 aromatic heterocycles. The lowest BCUT2D eigenvalue weighted by molar-refractivity contribution is -0.128. The molecule has 0 unspecified atom stereocenters. The third kappa shape index (κ3) is 4.18. The summed E-state index contributed by atoms with van der Waals surface area (Å²) in [6.07, 6.45) is 0. The fourth-order valence-corrected chi connectivity index (χ4v) is 2.22. The van der Waals surface area contributed by atoms with E-state index in [0.717, 1.165) is 5.56 Å². The zero-order valence-electron chi connectivity index (χ0n) is 14.5. The molecule has 1 N–H and O–H groups in total. The first-order valence-electron chi connectivity index (χ1n) is 7.55. The van der Waals surface area contributed by atoms with Crippen LogP contribution in [-0.4, -0.2) is 24.2 Å². The average molecular weight is 338 g/mol. The Hall–Kier alpha value is -3.26. The summed E-state index contributed by atoms with van der Waals surface area (Å²) >= 11 is 0. The van der Waals surface area contributed by atoms with E-state index in [0.29, 0.717) is 11.1 Å². The highest BCUT2D eigenvalue weighted by Crippen LogP contribution is 2.33. The molecular formula is C20H18O5. The third-order valence-corrected chi connectivity index (χ3v) is 3.66. The van der Waals surface area contributed by atoms with Crippen molar-refractivity contribution < 1.29 is 24.2 Å². The van der Waals surface area contributed by atoms with Gasteiger partial charge < -0.3 is 14.6 Å². The molecule has 128 valence electrons. The number of hydrogen-bond acceptors (Lipinski definition) is 5. The molecule has 0 radical (unpaired) electrons. The van der Waals surface area contributed by atoms with Crippen LogP contribution in [0.4, 0.5) is 0 Å². The largest absolute Gasteiger partial charge is 0.507 e. The van der Waals surface area contributed by atoms with Crippen molar-refractivity contribution >= 4 is 11.9 Å². The van der Waals surface area contributed by atoms with Crippen LogP contribution in [0, 0.1) is 32.6 Å². The molecule has 5 nitrogen and oxygen atoms in total. The van der Waals surface area contributed by atoms with Gasteiger partial charge in [-0.2, -0.15) is 0 Å². The minimum absolute atomic E-state index is 0.0468. The van der Waals surface area contributed by atoms with Gasteiger partial charge in [-0.3, -0.25) is 0 Å². The zero-order chi connectivity index (χ0) is 18.6. The predicted octanol–water partition coefficient (Wildman–Crippen LogP) is 3.06. The fourth-order valence-electron chi connectivity index (χ4n) is 2.22. The summed E-state index contributed by atoms with van der Waals surface area (Å²) in [6.45, 7) is 5.11. The van der Waals surface area contributed by atoms with Crippen LogP contribution in [-0.2, 0) is 9.53 Å². The van der Waals surface area contributed by atoms with Gasteiger partial charge in [-0.05, 0) is 44.5 Å². The standard InChI is InChI=1S/C20H18O5/c1-12-5-7-15(8-6-12)9-10-17(21)25-16-11-13(2)18(20(23)24-4)19(22)14(16)3/h5-8,11,22H,1-4H3. The number of esters is 2. The zero-order valence-corrected chi connectivity index (χ0v) is 14.5. The van der Waals surface area contributed by atoms with Crippen molar-refractivity contribution in [2.24, 2.45) is 0 Å². The number of ether oxygens (including phenoxy) is 2. The minimum atomic E-state index is -0.756. The smallest absolute Gasteiger partial charge is 0.390 e. The number of aryl methyl sites for hydroxylation is 2. The second-order valence-electron chi connectivity index (χ2n) is 5.54. The highest BCUT2D eigenvalue weighted by atomic mass is 16.5. The molecule has 0 fully saturated rings. The quantitative estimate of drug-likeness (QED) is 0.518. The fraction of sp³-hybridized carbons (Fsp3) is 0.200. The molecule has 0 atom stereocenters. The molecule has 0 spiro atoms. The number of carbonyl (C=O) groups excluding carboxylic acids is 2. The van der Waals surface area contributed by atoms with Gasteiger partial charge in [0.25, 0.3) is 0 Å². The Labute approximate surface area is 146 Å². The van der Waals surface area contributed by atoms with E-state index < -0.39 is 11.9 Å². The maximum absolute atomic E-state index is 11.9. The van der Waals surface area contributed by atoms with Crippen LogP contribution in [0.3, 0.4) is 0 Å². The SMILES string of the molecule is COC(=O)c1c(C)cc(OC(=O)C#Cc2ccc(C)cc2)c(C)c1O. The van der Waals surface area contributed by atoms with E-state index in [4.69, 9.17) is 4.74 Å². The lowest BCUT2D eigenvalue weighted by Gasteiger charge is -2.12. The van der Waals surface area contributed by atoms with E-state index in [1.54, 1.807) is 6.92 Å². The van der Waals surface area contributed by atoms with Crippen molar-refractivity contribution in [1.82, 2.24) is 0 Å². The number of benzene rings is 2. The van der Waals surface area contributed by atoms with Crippen LogP contribution in [0.5, 0.6) is 11.5 Å². The van der Waals surface area contributed by atoms with Gasteiger partial charge in [-0.15, -0.1) is 0 Å². The number of carbonyl (C=O) groups is 2. The summed E-state index contributed by atoms with van der Waals surface area (Å²) < 4.78 is 9.84. The van der Waals surface area contributed by atoms with Crippen LogP contribution in [0.15, 0.2) is 30.3 Å². The summed E-state index contributed by atoms with van der Waals surface area (Å²) in [6, 6.07) is 8.90. The van der Waals surface area contributed by atoms with Gasteiger partial charge in [0.15, 0.2) is 0 Å². The van der Waals surface area contributed by atoms with Gasteiger partial charge >= 0.3 is 11.9 Å². The molecule has 2 rings (SSSR count). The van der Waals surface area contributed by atoms with Crippen LogP contribution < -0.4 is 4.74 Å². The van der Waals surface area contributed by atoms with Crippen molar-refractivity contribution in [3.05, 3.63) is 58.1 Å². The average Bonchev–Trinajstić information content (AvgIpc) is 2.58. The Morgan fingerprint density at radius 2 is 1.72 bits per heavy atom. The summed E-state index contributed by atoms with van der Waals surface area (Å²) in [5.74, 6) is 3.57. The maximum Gasteiger partial charge on any atom is 0.390 e. The highest BCUT2D eigenvalue weighted by Gasteiger charge is 2.21. The van der Waals surface area contributed by atoms with Gasteiger partial charge in [0.2, 0.25) is 0 Å². The predicted molar refractivity (Wildman–Crippen MR) is 92.6 cm³/mol. The van der Waals surface area contributed by atoms with E-state index in [-0.39, 0.29) is 22.6 Å². The maximum atomic E-state index is 11.9. The van der Waals surface area contributed by atoms with Crippen molar-refractivity contribution in [2.75, 3.05) is 7.11 Å². The first-order valence-corrected chi connectivity index (χ1v) is 7.55. The summed E-state index contributed by atoms with van der Waals surface area (Å²) in [4.78, 5) is 23.6. The molecule has 0 bridgehead atoms. The van der Waals surface area contributed by atoms with Crippen LogP contribution in [0.1, 0.15) is 32.6 Å². The molecule has 25 heavy (non-hydrogen) atoms. The second kappa shape index (κ2) is 7.54. The molecular weight excluding hydrogens is 320 g/mol. The van der Waals surface area contributed by atoms with Crippen molar-refractivity contribution in [3.8, 4) is 23.3 Å². The molecule has 5 heteroatoms. The number of phenolic OH excluding ortho intramolecular Hbond substituents is 1. The summed E-state index contributed by atoms with van der Waals surface area (Å²) in [5, 5.41) is 10.2. The Bertz CT molecular complexity index is 883. The first-order chi connectivity index (χ1) is 11.8. The third-order valence-electron chi connectivity index (χ3n) is 3.66. The first kappa shape index (κ1) is 18.1. The monoisotopic (exact) mass is 338 g/mol. The van der Waals surface area contributed by atoms with Crippen LogP contribution in [0.2, 0.25) is 0 Å². The van der Waals surface area contributed by atoms with E-state index in [2.05, 4.69) is 16.6 Å².